The Morgan fingerprint density at radius 1 is 1.13 bits per heavy atom. The molecule has 1 saturated carbocycles. The summed E-state index contributed by atoms with van der Waals surface area (Å²) in [5, 5.41) is 0. The fraction of sp³-hybridized carbons (Fsp3) is 0.538. The van der Waals surface area contributed by atoms with Gasteiger partial charge in [0.1, 0.15) is 0 Å². The van der Waals surface area contributed by atoms with E-state index in [1.807, 2.05) is 6.07 Å². The van der Waals surface area contributed by atoms with Crippen LogP contribution in [0.4, 0.5) is 0 Å². The highest BCUT2D eigenvalue weighted by Crippen LogP contribution is 2.37. The van der Waals surface area contributed by atoms with Crippen molar-refractivity contribution in [3.05, 3.63) is 35.9 Å². The first kappa shape index (κ1) is 9.37. The first-order valence-corrected chi connectivity index (χ1v) is 5.73. The molecule has 1 aliphatic carbocycles. The first-order chi connectivity index (χ1) is 7.42. The quantitative estimate of drug-likeness (QED) is 0.706. The van der Waals surface area contributed by atoms with E-state index in [0.29, 0.717) is 18.3 Å². The number of epoxide rings is 1. The predicted octanol–water partition coefficient (Wildman–Crippen LogP) is 2.52. The molecule has 0 aromatic heterocycles. The molecule has 0 N–H and O–H groups in total. The summed E-state index contributed by atoms with van der Waals surface area (Å²) in [6.07, 6.45) is 4.94. The zero-order chi connectivity index (χ0) is 10.1. The lowest BCUT2D eigenvalue weighted by Crippen LogP contribution is -2.21. The summed E-state index contributed by atoms with van der Waals surface area (Å²) in [4.78, 5) is 0. The molecule has 2 nitrogen and oxygen atoms in total. The first-order valence-electron chi connectivity index (χ1n) is 5.73. The number of ether oxygens (including phenoxy) is 2. The van der Waals surface area contributed by atoms with E-state index in [1.165, 1.54) is 12.0 Å². The summed E-state index contributed by atoms with van der Waals surface area (Å²) < 4.78 is 11.4. The molecule has 0 bridgehead atoms. The molecular formula is C13H16O2. The minimum atomic E-state index is 0.411. The average Bonchev–Trinajstić information content (AvgIpc) is 3.06. The summed E-state index contributed by atoms with van der Waals surface area (Å²) in [7, 11) is 0. The van der Waals surface area contributed by atoms with Gasteiger partial charge in [-0.15, -0.1) is 0 Å². The molecular weight excluding hydrogens is 188 g/mol. The van der Waals surface area contributed by atoms with Crippen LogP contribution in [0.25, 0.3) is 0 Å². The maximum absolute atomic E-state index is 5.89. The van der Waals surface area contributed by atoms with Crippen LogP contribution < -0.4 is 0 Å². The smallest absolute Gasteiger partial charge is 0.0866 e. The summed E-state index contributed by atoms with van der Waals surface area (Å²) in [6, 6.07) is 10.4. The highest BCUT2D eigenvalue weighted by atomic mass is 16.6. The average molecular weight is 204 g/mol. The van der Waals surface area contributed by atoms with Crippen molar-refractivity contribution in [1.29, 1.82) is 0 Å². The molecule has 0 unspecified atom stereocenters. The van der Waals surface area contributed by atoms with Crippen molar-refractivity contribution in [1.82, 2.24) is 0 Å². The largest absolute Gasteiger partial charge is 0.373 e. The predicted molar refractivity (Wildman–Crippen MR) is 57.5 cm³/mol. The Morgan fingerprint density at radius 3 is 2.80 bits per heavy atom. The van der Waals surface area contributed by atoms with Gasteiger partial charge in [0.05, 0.1) is 24.9 Å². The third-order valence-electron chi connectivity index (χ3n) is 3.28. The van der Waals surface area contributed by atoms with Crippen molar-refractivity contribution in [2.75, 3.05) is 0 Å². The molecule has 1 aromatic rings. The van der Waals surface area contributed by atoms with Crippen molar-refractivity contribution in [2.24, 2.45) is 0 Å². The van der Waals surface area contributed by atoms with Gasteiger partial charge in [0.2, 0.25) is 0 Å². The van der Waals surface area contributed by atoms with Gasteiger partial charge in [-0.05, 0) is 18.4 Å². The molecule has 0 amide bonds. The number of fused-ring (bicyclic) bond motifs is 1. The maximum atomic E-state index is 5.89. The van der Waals surface area contributed by atoms with Crippen molar-refractivity contribution in [3.63, 3.8) is 0 Å². The van der Waals surface area contributed by atoms with Crippen molar-refractivity contribution >= 4 is 0 Å². The Balaban J connectivity index is 1.49. The monoisotopic (exact) mass is 204 g/mol. The number of hydrogen-bond donors (Lipinski definition) is 0. The van der Waals surface area contributed by atoms with E-state index in [0.717, 1.165) is 19.4 Å². The number of hydrogen-bond acceptors (Lipinski definition) is 2. The van der Waals surface area contributed by atoms with Crippen molar-refractivity contribution in [3.8, 4) is 0 Å². The number of benzene rings is 1. The normalized spacial score (nSPS) is 33.5. The van der Waals surface area contributed by atoms with Crippen LogP contribution in [0, 0.1) is 0 Å². The lowest BCUT2D eigenvalue weighted by molar-refractivity contribution is 0.0213. The minimum absolute atomic E-state index is 0.411. The fourth-order valence-electron chi connectivity index (χ4n) is 2.31. The molecule has 0 radical (unpaired) electrons. The van der Waals surface area contributed by atoms with Gasteiger partial charge in [0.25, 0.3) is 0 Å². The Morgan fingerprint density at radius 2 is 2.00 bits per heavy atom. The van der Waals surface area contributed by atoms with E-state index in [9.17, 15) is 0 Å². The van der Waals surface area contributed by atoms with Gasteiger partial charge in [-0.25, -0.2) is 0 Å². The van der Waals surface area contributed by atoms with Gasteiger partial charge in [0, 0.05) is 6.42 Å². The van der Waals surface area contributed by atoms with Crippen LogP contribution in [0.3, 0.4) is 0 Å². The lowest BCUT2D eigenvalue weighted by Gasteiger charge is -2.19. The molecule has 3 atom stereocenters. The highest BCUT2D eigenvalue weighted by Gasteiger charge is 2.44. The molecule has 15 heavy (non-hydrogen) atoms. The second kappa shape index (κ2) is 3.95. The molecule has 2 aliphatic rings. The Labute approximate surface area is 90.2 Å². The standard InChI is InChI=1S/C13H16O2/c1-2-4-10(5-3-1)9-14-11-6-7-12-13(8-11)15-12/h1-5,11-13H,6-9H2/t11-,12-,13-/m1/s1. The molecule has 1 aromatic carbocycles. The Kier molecular flexibility index (Phi) is 2.47. The third kappa shape index (κ3) is 2.21. The molecule has 0 spiro atoms. The van der Waals surface area contributed by atoms with E-state index in [2.05, 4.69) is 24.3 Å². The van der Waals surface area contributed by atoms with Crippen molar-refractivity contribution in [2.45, 2.75) is 44.2 Å². The molecule has 1 aliphatic heterocycles. The van der Waals surface area contributed by atoms with Gasteiger partial charge < -0.3 is 9.47 Å². The van der Waals surface area contributed by atoms with E-state index < -0.39 is 0 Å². The van der Waals surface area contributed by atoms with Crippen molar-refractivity contribution < 1.29 is 9.47 Å². The third-order valence-corrected chi connectivity index (χ3v) is 3.28. The SMILES string of the molecule is c1ccc(CO[C@@H]2CC[C@H]3O[C@@H]3C2)cc1. The second-order valence-corrected chi connectivity index (χ2v) is 4.44. The summed E-state index contributed by atoms with van der Waals surface area (Å²) >= 11 is 0. The summed E-state index contributed by atoms with van der Waals surface area (Å²) in [5.74, 6) is 0. The highest BCUT2D eigenvalue weighted by molar-refractivity contribution is 5.13. The van der Waals surface area contributed by atoms with E-state index in [1.54, 1.807) is 0 Å². The van der Waals surface area contributed by atoms with E-state index in [-0.39, 0.29) is 0 Å². The van der Waals surface area contributed by atoms with Crippen LogP contribution in [0.2, 0.25) is 0 Å². The fourth-order valence-corrected chi connectivity index (χ4v) is 2.31. The molecule has 1 saturated heterocycles. The van der Waals surface area contributed by atoms with Gasteiger partial charge >= 0.3 is 0 Å². The molecule has 2 heteroatoms. The molecule has 80 valence electrons. The van der Waals surface area contributed by atoms with Gasteiger partial charge in [-0.1, -0.05) is 30.3 Å². The van der Waals surface area contributed by atoms with Crippen LogP contribution in [-0.2, 0) is 16.1 Å². The van der Waals surface area contributed by atoms with Gasteiger partial charge in [-0.2, -0.15) is 0 Å². The Hall–Kier alpha value is -0.860. The summed E-state index contributed by atoms with van der Waals surface area (Å²) in [6.45, 7) is 0.739. The number of rotatable bonds is 3. The second-order valence-electron chi connectivity index (χ2n) is 4.44. The van der Waals surface area contributed by atoms with Gasteiger partial charge in [0.15, 0.2) is 0 Å². The zero-order valence-corrected chi connectivity index (χ0v) is 8.76. The Bertz CT molecular complexity index is 323. The van der Waals surface area contributed by atoms with Crippen LogP contribution >= 0.6 is 0 Å². The topological polar surface area (TPSA) is 21.8 Å². The summed E-state index contributed by atoms with van der Waals surface area (Å²) in [5.41, 5.74) is 1.26. The van der Waals surface area contributed by atoms with E-state index in [4.69, 9.17) is 9.47 Å². The van der Waals surface area contributed by atoms with Crippen LogP contribution in [-0.4, -0.2) is 18.3 Å². The minimum Gasteiger partial charge on any atom is -0.373 e. The van der Waals surface area contributed by atoms with Crippen LogP contribution in [0.1, 0.15) is 24.8 Å². The van der Waals surface area contributed by atoms with Gasteiger partial charge in [-0.3, -0.25) is 0 Å². The molecule has 1 heterocycles. The van der Waals surface area contributed by atoms with Crippen LogP contribution in [0.5, 0.6) is 0 Å². The lowest BCUT2D eigenvalue weighted by atomic mass is 9.98. The molecule has 3 rings (SSSR count). The zero-order valence-electron chi connectivity index (χ0n) is 8.76. The molecule has 2 fully saturated rings. The van der Waals surface area contributed by atoms with E-state index >= 15 is 0 Å². The maximum Gasteiger partial charge on any atom is 0.0866 e. The van der Waals surface area contributed by atoms with Crippen LogP contribution in [0.15, 0.2) is 30.3 Å².